The Bertz CT molecular complexity index is 1330. The Kier molecular flexibility index (Phi) is 6.00. The number of pyridine rings is 1. The van der Waals surface area contributed by atoms with Gasteiger partial charge in [0.15, 0.2) is 0 Å². The molecule has 0 radical (unpaired) electrons. The molecule has 3 heterocycles. The lowest BCUT2D eigenvalue weighted by Gasteiger charge is -2.12. The van der Waals surface area contributed by atoms with Crippen LogP contribution >= 0.6 is 0 Å². The minimum absolute atomic E-state index is 0.227. The molecule has 0 bridgehead atoms. The van der Waals surface area contributed by atoms with E-state index < -0.39 is 0 Å². The second-order valence-electron chi connectivity index (χ2n) is 9.81. The van der Waals surface area contributed by atoms with Crippen molar-refractivity contribution in [1.82, 2.24) is 24.3 Å². The van der Waals surface area contributed by atoms with Gasteiger partial charge in [0.25, 0.3) is 0 Å². The van der Waals surface area contributed by atoms with Gasteiger partial charge in [-0.2, -0.15) is 0 Å². The molecule has 1 saturated carbocycles. The molecule has 5 rings (SSSR count). The summed E-state index contributed by atoms with van der Waals surface area (Å²) in [6.07, 6.45) is 6.79. The molecule has 6 heteroatoms. The molecule has 1 aromatic carbocycles. The van der Waals surface area contributed by atoms with Gasteiger partial charge in [-0.3, -0.25) is 9.20 Å². The van der Waals surface area contributed by atoms with Gasteiger partial charge in [-0.05, 0) is 70.5 Å². The number of carbonyl (C=O) groups excluding carboxylic acids is 1. The highest BCUT2D eigenvalue weighted by Crippen LogP contribution is 2.35. The Labute approximate surface area is 200 Å². The molecule has 6 nitrogen and oxygen atoms in total. The number of aryl methyl sites for hydroxylation is 1. The first-order valence-corrected chi connectivity index (χ1v) is 12.0. The van der Waals surface area contributed by atoms with E-state index in [-0.39, 0.29) is 11.7 Å². The van der Waals surface area contributed by atoms with Crippen LogP contribution in [-0.4, -0.2) is 44.1 Å². The Hall–Kier alpha value is -3.38. The molecule has 34 heavy (non-hydrogen) atoms. The Morgan fingerprint density at radius 3 is 2.59 bits per heavy atom. The number of aromatic nitrogens is 4. The van der Waals surface area contributed by atoms with Crippen molar-refractivity contribution < 1.29 is 4.79 Å². The van der Waals surface area contributed by atoms with Gasteiger partial charge in [0.2, 0.25) is 0 Å². The van der Waals surface area contributed by atoms with Crippen LogP contribution in [0.25, 0.3) is 28.3 Å². The Morgan fingerprint density at radius 2 is 1.88 bits per heavy atom. The summed E-state index contributed by atoms with van der Waals surface area (Å²) in [6, 6.07) is 14.6. The zero-order chi connectivity index (χ0) is 23.8. The summed E-state index contributed by atoms with van der Waals surface area (Å²) in [4.78, 5) is 29.3. The number of nitrogens with zero attached hydrogens (tertiary/aromatic N) is 5. The Morgan fingerprint density at radius 1 is 1.12 bits per heavy atom. The highest BCUT2D eigenvalue weighted by atomic mass is 16.1. The lowest BCUT2D eigenvalue weighted by molar-refractivity contribution is -0.120. The summed E-state index contributed by atoms with van der Waals surface area (Å²) in [6.45, 7) is 4.85. The second-order valence-corrected chi connectivity index (χ2v) is 9.81. The minimum atomic E-state index is -0.311. The van der Waals surface area contributed by atoms with Crippen LogP contribution in [0.15, 0.2) is 54.9 Å². The molecular weight excluding hydrogens is 422 g/mol. The zero-order valence-corrected chi connectivity index (χ0v) is 20.3. The first-order valence-electron chi connectivity index (χ1n) is 12.0. The van der Waals surface area contributed by atoms with Gasteiger partial charge < -0.3 is 4.90 Å². The molecule has 3 aromatic heterocycles. The average molecular weight is 454 g/mol. The summed E-state index contributed by atoms with van der Waals surface area (Å²) < 4.78 is 2.09. The second kappa shape index (κ2) is 9.11. The lowest BCUT2D eigenvalue weighted by atomic mass is 10.0. The third-order valence-corrected chi connectivity index (χ3v) is 6.49. The van der Waals surface area contributed by atoms with E-state index in [9.17, 15) is 4.79 Å². The van der Waals surface area contributed by atoms with E-state index in [1.807, 2.05) is 13.0 Å². The number of carbonyl (C=O) groups is 1. The number of ketones is 1. The van der Waals surface area contributed by atoms with Crippen molar-refractivity contribution in [3.05, 3.63) is 71.8 Å². The standard InChI is InChI=1S/C28H31N5O/c1-18-5-9-22(10-6-18)26-27(33-14-12-21(17-32(3)4)16-25(33)31-26)23-11-13-29-28(30-23)19(2)24(34)15-20-7-8-20/h5-6,9-14,16,19-20H,7-8,15,17H2,1-4H3. The van der Waals surface area contributed by atoms with E-state index in [0.29, 0.717) is 18.2 Å². The van der Waals surface area contributed by atoms with Crippen molar-refractivity contribution in [3.63, 3.8) is 0 Å². The third-order valence-electron chi connectivity index (χ3n) is 6.49. The SMILES string of the molecule is Cc1ccc(-c2nc3cc(CN(C)C)ccn3c2-c2ccnc(C(C)C(=O)CC3CC3)n2)cc1. The molecule has 0 aliphatic heterocycles. The number of benzene rings is 1. The molecule has 1 aliphatic carbocycles. The third kappa shape index (κ3) is 4.64. The molecule has 1 aliphatic rings. The number of imidazole rings is 1. The van der Waals surface area contributed by atoms with E-state index in [4.69, 9.17) is 9.97 Å². The maximum absolute atomic E-state index is 12.7. The number of fused-ring (bicyclic) bond motifs is 1. The molecule has 1 atom stereocenters. The zero-order valence-electron chi connectivity index (χ0n) is 20.3. The highest BCUT2D eigenvalue weighted by molar-refractivity contribution is 5.85. The molecule has 4 aromatic rings. The molecule has 0 saturated heterocycles. The van der Waals surface area contributed by atoms with Gasteiger partial charge in [-0.15, -0.1) is 0 Å². The van der Waals surface area contributed by atoms with E-state index in [1.165, 1.54) is 11.1 Å². The minimum Gasteiger partial charge on any atom is -0.305 e. The summed E-state index contributed by atoms with van der Waals surface area (Å²) in [7, 11) is 4.13. The van der Waals surface area contributed by atoms with Gasteiger partial charge >= 0.3 is 0 Å². The molecule has 1 unspecified atom stereocenters. The summed E-state index contributed by atoms with van der Waals surface area (Å²) in [5.74, 6) is 1.05. The van der Waals surface area contributed by atoms with Gasteiger partial charge in [0.05, 0.1) is 23.0 Å². The predicted molar refractivity (Wildman–Crippen MR) is 135 cm³/mol. The fourth-order valence-electron chi connectivity index (χ4n) is 4.35. The molecular formula is C28H31N5O. The molecule has 0 amide bonds. The van der Waals surface area contributed by atoms with Gasteiger partial charge in [0, 0.05) is 30.9 Å². The van der Waals surface area contributed by atoms with E-state index in [1.54, 1.807) is 6.20 Å². The van der Waals surface area contributed by atoms with Crippen molar-refractivity contribution in [2.24, 2.45) is 5.92 Å². The van der Waals surface area contributed by atoms with Gasteiger partial charge in [-0.25, -0.2) is 15.0 Å². The van der Waals surface area contributed by atoms with Crippen LogP contribution < -0.4 is 0 Å². The molecule has 174 valence electrons. The van der Waals surface area contributed by atoms with Crippen molar-refractivity contribution in [2.75, 3.05) is 14.1 Å². The lowest BCUT2D eigenvalue weighted by Crippen LogP contribution is -2.13. The fourth-order valence-corrected chi connectivity index (χ4v) is 4.35. The van der Waals surface area contributed by atoms with Crippen LogP contribution in [0, 0.1) is 12.8 Å². The van der Waals surface area contributed by atoms with Crippen molar-refractivity contribution >= 4 is 11.4 Å². The predicted octanol–water partition coefficient (Wildman–Crippen LogP) is 5.30. The van der Waals surface area contributed by atoms with Crippen LogP contribution in [0.4, 0.5) is 0 Å². The number of hydrogen-bond acceptors (Lipinski definition) is 5. The van der Waals surface area contributed by atoms with Gasteiger partial charge in [-0.1, -0.05) is 29.8 Å². The molecule has 1 fully saturated rings. The van der Waals surface area contributed by atoms with Gasteiger partial charge in [0.1, 0.15) is 17.3 Å². The maximum atomic E-state index is 12.7. The van der Waals surface area contributed by atoms with E-state index in [2.05, 4.69) is 77.9 Å². The Balaban J connectivity index is 1.61. The monoisotopic (exact) mass is 453 g/mol. The molecule has 0 N–H and O–H groups in total. The number of Topliss-reactive ketones (excluding diaryl/α,β-unsaturated/α-hetero) is 1. The van der Waals surface area contributed by atoms with Crippen LogP contribution in [0.3, 0.4) is 0 Å². The van der Waals surface area contributed by atoms with Crippen LogP contribution in [0.5, 0.6) is 0 Å². The van der Waals surface area contributed by atoms with E-state index in [0.717, 1.165) is 47.7 Å². The fraction of sp³-hybridized carbons (Fsp3) is 0.357. The summed E-state index contributed by atoms with van der Waals surface area (Å²) >= 11 is 0. The highest BCUT2D eigenvalue weighted by Gasteiger charge is 2.28. The average Bonchev–Trinajstić information content (AvgIpc) is 3.55. The first kappa shape index (κ1) is 22.4. The van der Waals surface area contributed by atoms with Crippen LogP contribution in [0.2, 0.25) is 0 Å². The smallest absolute Gasteiger partial charge is 0.143 e. The number of rotatable bonds is 8. The van der Waals surface area contributed by atoms with Crippen LogP contribution in [0.1, 0.15) is 49.1 Å². The number of hydrogen-bond donors (Lipinski definition) is 0. The summed E-state index contributed by atoms with van der Waals surface area (Å²) in [5, 5.41) is 0. The van der Waals surface area contributed by atoms with Crippen molar-refractivity contribution in [2.45, 2.75) is 45.6 Å². The van der Waals surface area contributed by atoms with Crippen molar-refractivity contribution in [1.29, 1.82) is 0 Å². The topological polar surface area (TPSA) is 63.4 Å². The summed E-state index contributed by atoms with van der Waals surface area (Å²) in [5.41, 5.74) is 6.89. The van der Waals surface area contributed by atoms with E-state index >= 15 is 0 Å². The largest absolute Gasteiger partial charge is 0.305 e. The molecule has 0 spiro atoms. The van der Waals surface area contributed by atoms with Crippen LogP contribution in [-0.2, 0) is 11.3 Å². The van der Waals surface area contributed by atoms with Crippen molar-refractivity contribution in [3.8, 4) is 22.6 Å². The quantitative estimate of drug-likeness (QED) is 0.362. The maximum Gasteiger partial charge on any atom is 0.143 e. The normalized spacial score (nSPS) is 14.6. The first-order chi connectivity index (χ1) is 16.4.